The quantitative estimate of drug-likeness (QED) is 0.496. The average molecular weight is 411 g/mol. The number of rotatable bonds is 6. The maximum absolute atomic E-state index is 6.20. The molecular formula is C23H30N3O2P. The van der Waals surface area contributed by atoms with Gasteiger partial charge in [0.2, 0.25) is 0 Å². The van der Waals surface area contributed by atoms with Gasteiger partial charge in [0, 0.05) is 5.69 Å². The Morgan fingerprint density at radius 1 is 1.21 bits per heavy atom. The number of hydrogen-bond donors (Lipinski definition) is 3. The van der Waals surface area contributed by atoms with Crippen molar-refractivity contribution in [3.8, 4) is 0 Å². The minimum Gasteiger partial charge on any atom is -0.493 e. The number of benzene rings is 1. The molecule has 0 bridgehead atoms. The van der Waals surface area contributed by atoms with Crippen molar-refractivity contribution in [2.75, 3.05) is 32.5 Å². The highest BCUT2D eigenvalue weighted by molar-refractivity contribution is 7.27. The molecule has 0 radical (unpaired) electrons. The molecule has 2 atom stereocenters. The largest absolute Gasteiger partial charge is 0.493 e. The Morgan fingerprint density at radius 2 is 2.03 bits per heavy atom. The van der Waals surface area contributed by atoms with Crippen LogP contribution in [0.5, 0.6) is 0 Å². The molecule has 4 rings (SSSR count). The predicted octanol–water partition coefficient (Wildman–Crippen LogP) is 2.54. The molecule has 0 saturated carbocycles. The van der Waals surface area contributed by atoms with Gasteiger partial charge in [-0.1, -0.05) is 6.07 Å². The van der Waals surface area contributed by atoms with Crippen LogP contribution in [-0.4, -0.2) is 32.8 Å². The summed E-state index contributed by atoms with van der Waals surface area (Å²) in [5, 5.41) is 7.98. The lowest BCUT2D eigenvalue weighted by atomic mass is 9.89. The van der Waals surface area contributed by atoms with Crippen LogP contribution in [0.25, 0.3) is 0 Å². The van der Waals surface area contributed by atoms with Gasteiger partial charge < -0.3 is 25.8 Å². The first-order chi connectivity index (χ1) is 14.1. The molecule has 4 N–H and O–H groups in total. The van der Waals surface area contributed by atoms with E-state index in [1.807, 2.05) is 18.3 Å². The van der Waals surface area contributed by atoms with Crippen LogP contribution < -0.4 is 21.7 Å². The van der Waals surface area contributed by atoms with Gasteiger partial charge in [-0.3, -0.25) is 0 Å². The smallest absolute Gasteiger partial charge is 0.160 e. The molecule has 2 heterocycles. The van der Waals surface area contributed by atoms with E-state index in [9.17, 15) is 0 Å². The molecule has 6 heteroatoms. The number of dihydropyridines is 1. The van der Waals surface area contributed by atoms with Gasteiger partial charge in [-0.2, -0.15) is 0 Å². The van der Waals surface area contributed by atoms with E-state index in [1.54, 1.807) is 7.11 Å². The fourth-order valence-electron chi connectivity index (χ4n) is 4.08. The van der Waals surface area contributed by atoms with Crippen molar-refractivity contribution >= 4 is 20.2 Å². The number of allylic oxidation sites excluding steroid dienone is 2. The van der Waals surface area contributed by atoms with Gasteiger partial charge >= 0.3 is 0 Å². The first-order valence-corrected chi connectivity index (χ1v) is 10.8. The Hall–Kier alpha value is -2.23. The van der Waals surface area contributed by atoms with Crippen molar-refractivity contribution in [3.63, 3.8) is 0 Å². The summed E-state index contributed by atoms with van der Waals surface area (Å²) in [5.41, 5.74) is 10.4. The van der Waals surface area contributed by atoms with Crippen LogP contribution in [0.4, 0.5) is 5.69 Å². The number of nitrogens with two attached hydrogens (primary N) is 1. The van der Waals surface area contributed by atoms with E-state index < -0.39 is 0 Å². The Bertz CT molecular complexity index is 882. The van der Waals surface area contributed by atoms with Gasteiger partial charge in [-0.25, -0.2) is 0 Å². The molecule has 3 aliphatic rings. The van der Waals surface area contributed by atoms with Crippen molar-refractivity contribution in [2.24, 2.45) is 5.92 Å². The van der Waals surface area contributed by atoms with Gasteiger partial charge in [0.15, 0.2) is 11.5 Å². The van der Waals surface area contributed by atoms with E-state index >= 15 is 0 Å². The molecule has 154 valence electrons. The summed E-state index contributed by atoms with van der Waals surface area (Å²) in [6.07, 6.45) is 11.6. The van der Waals surface area contributed by atoms with Crippen molar-refractivity contribution in [1.29, 1.82) is 0 Å². The lowest BCUT2D eigenvalue weighted by Gasteiger charge is -2.30. The summed E-state index contributed by atoms with van der Waals surface area (Å²) in [6.45, 7) is 2.90. The predicted molar refractivity (Wildman–Crippen MR) is 122 cm³/mol. The molecular weight excluding hydrogens is 381 g/mol. The first kappa shape index (κ1) is 20.1. The zero-order valence-corrected chi connectivity index (χ0v) is 18.1. The van der Waals surface area contributed by atoms with Crippen molar-refractivity contribution in [1.82, 2.24) is 10.6 Å². The Labute approximate surface area is 175 Å². The van der Waals surface area contributed by atoms with E-state index in [4.69, 9.17) is 15.2 Å². The minimum atomic E-state index is 0.0960. The van der Waals surface area contributed by atoms with E-state index in [-0.39, 0.29) is 6.04 Å². The highest BCUT2D eigenvalue weighted by Gasteiger charge is 2.26. The molecule has 0 spiro atoms. The number of methoxy groups -OCH3 is 1. The standard InChI is InChI=1S/C23H30N3O2P/c1-27-21-12-19-16(10-17-2-3-18(24)11-23(17)29)6-9-26-20(19)13-22(21)28-14-15-4-7-25-8-5-15/h2-3,6,9,11-13,15,20,25-26H,4-5,7-8,10,14,24,29H2,1H3. The Kier molecular flexibility index (Phi) is 6.27. The van der Waals surface area contributed by atoms with Gasteiger partial charge in [0.25, 0.3) is 0 Å². The second-order valence-corrected chi connectivity index (χ2v) is 8.46. The third-order valence-corrected chi connectivity index (χ3v) is 6.36. The Balaban J connectivity index is 1.53. The molecule has 0 amide bonds. The summed E-state index contributed by atoms with van der Waals surface area (Å²) in [6, 6.07) is 6.15. The lowest BCUT2D eigenvalue weighted by molar-refractivity contribution is 0.127. The second kappa shape index (κ2) is 9.06. The van der Waals surface area contributed by atoms with E-state index in [2.05, 4.69) is 44.2 Å². The number of fused-ring (bicyclic) bond motifs is 1. The van der Waals surface area contributed by atoms with Gasteiger partial charge in [0.1, 0.15) is 0 Å². The van der Waals surface area contributed by atoms with Crippen LogP contribution in [0.15, 0.2) is 65.3 Å². The molecule has 1 aromatic rings. The number of nitrogen functional groups attached to an aromatic ring is 1. The molecule has 2 aliphatic heterocycles. The van der Waals surface area contributed by atoms with Gasteiger partial charge in [0.05, 0.1) is 19.8 Å². The topological polar surface area (TPSA) is 68.5 Å². The van der Waals surface area contributed by atoms with Gasteiger partial charge in [-0.05, 0) is 96.8 Å². The number of anilines is 1. The molecule has 1 fully saturated rings. The van der Waals surface area contributed by atoms with Crippen LogP contribution in [0.2, 0.25) is 0 Å². The molecule has 1 aliphatic carbocycles. The van der Waals surface area contributed by atoms with E-state index in [1.165, 1.54) is 16.7 Å². The summed E-state index contributed by atoms with van der Waals surface area (Å²) in [4.78, 5) is 0. The maximum Gasteiger partial charge on any atom is 0.160 e. The zero-order valence-electron chi connectivity index (χ0n) is 16.9. The third kappa shape index (κ3) is 4.68. The number of ether oxygens (including phenoxy) is 2. The van der Waals surface area contributed by atoms with Crippen LogP contribution in [0.3, 0.4) is 0 Å². The average Bonchev–Trinajstić information content (AvgIpc) is 2.74. The molecule has 5 nitrogen and oxygen atoms in total. The molecule has 2 unspecified atom stereocenters. The Morgan fingerprint density at radius 3 is 2.79 bits per heavy atom. The lowest BCUT2D eigenvalue weighted by Crippen LogP contribution is -2.32. The fourth-order valence-corrected chi connectivity index (χ4v) is 4.47. The molecule has 1 aromatic carbocycles. The number of piperidine rings is 1. The zero-order chi connectivity index (χ0) is 20.2. The van der Waals surface area contributed by atoms with Crippen LogP contribution in [0, 0.1) is 5.92 Å². The summed E-state index contributed by atoms with van der Waals surface area (Å²) in [5.74, 6) is 2.23. The van der Waals surface area contributed by atoms with Crippen molar-refractivity contribution < 1.29 is 9.47 Å². The highest BCUT2D eigenvalue weighted by Crippen LogP contribution is 2.31. The SMILES string of the molecule is COC1=CC2=C(Cc3ccc(N)cc3P)C=CNC2C=C1OCC1CCNCC1. The number of hydrogen-bond acceptors (Lipinski definition) is 5. The molecule has 29 heavy (non-hydrogen) atoms. The number of nitrogens with one attached hydrogen (secondary N) is 2. The molecule has 1 saturated heterocycles. The van der Waals surface area contributed by atoms with Crippen LogP contribution in [-0.2, 0) is 15.9 Å². The van der Waals surface area contributed by atoms with Crippen LogP contribution in [0.1, 0.15) is 18.4 Å². The second-order valence-electron chi connectivity index (χ2n) is 7.84. The summed E-state index contributed by atoms with van der Waals surface area (Å²) >= 11 is 0. The highest BCUT2D eigenvalue weighted by atomic mass is 31.0. The van der Waals surface area contributed by atoms with Gasteiger partial charge in [-0.15, -0.1) is 9.24 Å². The summed E-state index contributed by atoms with van der Waals surface area (Å²) in [7, 11) is 4.50. The first-order valence-electron chi connectivity index (χ1n) is 10.2. The van der Waals surface area contributed by atoms with E-state index in [0.717, 1.165) is 61.5 Å². The third-order valence-electron chi connectivity index (χ3n) is 5.82. The molecule has 0 aromatic heterocycles. The normalized spacial score (nSPS) is 21.8. The fraction of sp³-hybridized carbons (Fsp3) is 0.391. The van der Waals surface area contributed by atoms with Crippen molar-refractivity contribution in [3.05, 3.63) is 70.9 Å². The summed E-state index contributed by atoms with van der Waals surface area (Å²) < 4.78 is 11.9. The maximum atomic E-state index is 6.20. The minimum absolute atomic E-state index is 0.0960. The van der Waals surface area contributed by atoms with Crippen molar-refractivity contribution in [2.45, 2.75) is 25.3 Å². The monoisotopic (exact) mass is 411 g/mol. The van der Waals surface area contributed by atoms with E-state index in [0.29, 0.717) is 5.92 Å². The van der Waals surface area contributed by atoms with Crippen LogP contribution >= 0.6 is 9.24 Å².